The Kier molecular flexibility index (Phi) is 3.70. The van der Waals surface area contributed by atoms with E-state index in [0.717, 1.165) is 16.8 Å². The Morgan fingerprint density at radius 2 is 1.75 bits per heavy atom. The van der Waals surface area contributed by atoms with Crippen molar-refractivity contribution in [3.8, 4) is 5.69 Å². The molecule has 0 saturated carbocycles. The van der Waals surface area contributed by atoms with Crippen LogP contribution in [0.25, 0.3) is 5.69 Å². The first-order valence-electron chi connectivity index (χ1n) is 6.20. The van der Waals surface area contributed by atoms with Crippen LogP contribution in [0.1, 0.15) is 27.2 Å². The number of hydrogen-bond acceptors (Lipinski definition) is 4. The number of hydrogen-bond donors (Lipinski definition) is 0. The lowest BCUT2D eigenvalue weighted by Crippen LogP contribution is -2.24. The van der Waals surface area contributed by atoms with Crippen molar-refractivity contribution in [1.82, 2.24) is 9.78 Å². The van der Waals surface area contributed by atoms with E-state index in [9.17, 15) is 9.59 Å². The predicted molar refractivity (Wildman–Crippen MR) is 75.4 cm³/mol. The van der Waals surface area contributed by atoms with E-state index < -0.39 is 11.4 Å². The summed E-state index contributed by atoms with van der Waals surface area (Å²) in [6.45, 7) is 5.61. The zero-order valence-electron chi connectivity index (χ0n) is 11.9. The number of carbonyl (C=O) groups is 1. The molecule has 0 aliphatic heterocycles. The van der Waals surface area contributed by atoms with E-state index in [-0.39, 0.29) is 5.69 Å². The van der Waals surface area contributed by atoms with Crippen LogP contribution in [0.4, 0.5) is 0 Å². The summed E-state index contributed by atoms with van der Waals surface area (Å²) >= 11 is 0. The third-order valence-corrected chi connectivity index (χ3v) is 2.95. The van der Waals surface area contributed by atoms with Gasteiger partial charge in [0.25, 0.3) is 0 Å². The SMILES string of the molecule is COC(=O)c1nn(-c2cc(C)cc(C)c2)cc(C)c1=O. The van der Waals surface area contributed by atoms with Crippen molar-refractivity contribution in [1.29, 1.82) is 0 Å². The molecule has 5 heteroatoms. The molecule has 0 amide bonds. The Bertz CT molecular complexity index is 712. The quantitative estimate of drug-likeness (QED) is 0.784. The lowest BCUT2D eigenvalue weighted by Gasteiger charge is -2.10. The van der Waals surface area contributed by atoms with Crippen LogP contribution in [0.15, 0.2) is 29.2 Å². The molecule has 0 bridgehead atoms. The average Bonchev–Trinajstić information content (AvgIpc) is 2.39. The second-order valence-electron chi connectivity index (χ2n) is 4.77. The number of rotatable bonds is 2. The number of nitrogens with zero attached hydrogens (tertiary/aromatic N) is 2. The molecule has 0 unspecified atom stereocenters. The summed E-state index contributed by atoms with van der Waals surface area (Å²) in [4.78, 5) is 23.5. The molecule has 0 atom stereocenters. The van der Waals surface area contributed by atoms with E-state index in [4.69, 9.17) is 0 Å². The third-order valence-electron chi connectivity index (χ3n) is 2.95. The van der Waals surface area contributed by atoms with E-state index in [1.54, 1.807) is 13.1 Å². The molecule has 0 N–H and O–H groups in total. The highest BCUT2D eigenvalue weighted by atomic mass is 16.5. The number of benzene rings is 1. The van der Waals surface area contributed by atoms with Gasteiger partial charge in [-0.25, -0.2) is 9.48 Å². The van der Waals surface area contributed by atoms with Crippen molar-refractivity contribution >= 4 is 5.97 Å². The number of ether oxygens (including phenoxy) is 1. The minimum atomic E-state index is -0.725. The predicted octanol–water partition coefficient (Wildman–Crippen LogP) is 1.94. The summed E-state index contributed by atoms with van der Waals surface area (Å²) in [6.07, 6.45) is 1.61. The Labute approximate surface area is 116 Å². The minimum Gasteiger partial charge on any atom is -0.464 e. The monoisotopic (exact) mass is 272 g/mol. The van der Waals surface area contributed by atoms with Gasteiger partial charge in [0.15, 0.2) is 0 Å². The van der Waals surface area contributed by atoms with Crippen LogP contribution in [0.2, 0.25) is 0 Å². The molecular formula is C15H16N2O3. The second kappa shape index (κ2) is 5.28. The standard InChI is InChI=1S/C15H16N2O3/c1-9-5-10(2)7-12(6-9)17-8-11(3)14(18)13(16-17)15(19)20-4/h5-8H,1-4H3. The zero-order chi connectivity index (χ0) is 14.9. The smallest absolute Gasteiger partial charge is 0.362 e. The summed E-state index contributed by atoms with van der Waals surface area (Å²) in [7, 11) is 1.23. The first-order valence-corrected chi connectivity index (χ1v) is 6.20. The van der Waals surface area contributed by atoms with Gasteiger partial charge in [0.1, 0.15) is 0 Å². The van der Waals surface area contributed by atoms with E-state index >= 15 is 0 Å². The van der Waals surface area contributed by atoms with Crippen LogP contribution in [-0.4, -0.2) is 22.9 Å². The topological polar surface area (TPSA) is 61.2 Å². The van der Waals surface area contributed by atoms with Crippen LogP contribution in [0, 0.1) is 20.8 Å². The van der Waals surface area contributed by atoms with Gasteiger partial charge in [0.2, 0.25) is 11.1 Å². The highest BCUT2D eigenvalue weighted by Crippen LogP contribution is 2.13. The number of methoxy groups -OCH3 is 1. The molecule has 5 nitrogen and oxygen atoms in total. The van der Waals surface area contributed by atoms with Crippen molar-refractivity contribution in [2.45, 2.75) is 20.8 Å². The maximum Gasteiger partial charge on any atom is 0.362 e. The molecule has 0 fully saturated rings. The lowest BCUT2D eigenvalue weighted by molar-refractivity contribution is 0.0590. The fourth-order valence-electron chi connectivity index (χ4n) is 2.06. The molecule has 20 heavy (non-hydrogen) atoms. The molecule has 104 valence electrons. The van der Waals surface area contributed by atoms with E-state index in [1.807, 2.05) is 32.0 Å². The van der Waals surface area contributed by atoms with Gasteiger partial charge in [0, 0.05) is 11.8 Å². The molecule has 2 rings (SSSR count). The normalized spacial score (nSPS) is 10.4. The Hall–Kier alpha value is -2.43. The Balaban J connectivity index is 2.66. The summed E-state index contributed by atoms with van der Waals surface area (Å²) in [5, 5.41) is 4.09. The highest BCUT2D eigenvalue weighted by Gasteiger charge is 2.16. The van der Waals surface area contributed by atoms with Crippen molar-refractivity contribution in [3.05, 3.63) is 57.0 Å². The highest BCUT2D eigenvalue weighted by molar-refractivity contribution is 5.87. The number of carbonyl (C=O) groups excluding carboxylic acids is 1. The van der Waals surface area contributed by atoms with Gasteiger partial charge in [-0.15, -0.1) is 0 Å². The molecule has 0 aliphatic carbocycles. The van der Waals surface area contributed by atoms with Gasteiger partial charge >= 0.3 is 5.97 Å². The van der Waals surface area contributed by atoms with Crippen LogP contribution < -0.4 is 5.43 Å². The average molecular weight is 272 g/mol. The first-order chi connectivity index (χ1) is 9.42. The van der Waals surface area contributed by atoms with Crippen LogP contribution in [-0.2, 0) is 4.74 Å². The van der Waals surface area contributed by atoms with Gasteiger partial charge in [-0.3, -0.25) is 4.79 Å². The van der Waals surface area contributed by atoms with Crippen molar-refractivity contribution in [2.24, 2.45) is 0 Å². The van der Waals surface area contributed by atoms with Gasteiger partial charge in [-0.2, -0.15) is 5.10 Å². The van der Waals surface area contributed by atoms with E-state index in [1.165, 1.54) is 11.8 Å². The van der Waals surface area contributed by atoms with E-state index in [2.05, 4.69) is 9.84 Å². The van der Waals surface area contributed by atoms with Crippen molar-refractivity contribution < 1.29 is 9.53 Å². The van der Waals surface area contributed by atoms with Gasteiger partial charge in [-0.05, 0) is 44.0 Å². The maximum atomic E-state index is 11.9. The van der Waals surface area contributed by atoms with Crippen LogP contribution in [0.3, 0.4) is 0 Å². The Morgan fingerprint density at radius 3 is 2.30 bits per heavy atom. The van der Waals surface area contributed by atoms with Gasteiger partial charge in [0.05, 0.1) is 12.8 Å². The van der Waals surface area contributed by atoms with Gasteiger partial charge < -0.3 is 4.74 Å². The molecule has 1 aromatic heterocycles. The largest absolute Gasteiger partial charge is 0.464 e. The van der Waals surface area contributed by atoms with E-state index in [0.29, 0.717) is 5.56 Å². The molecule has 1 heterocycles. The summed E-state index contributed by atoms with van der Waals surface area (Å²) in [6, 6.07) is 5.91. The molecule has 0 radical (unpaired) electrons. The van der Waals surface area contributed by atoms with Crippen molar-refractivity contribution in [2.75, 3.05) is 7.11 Å². The first kappa shape index (κ1) is 14.0. The molecule has 1 aromatic carbocycles. The number of aryl methyl sites for hydroxylation is 3. The maximum absolute atomic E-state index is 11.9. The van der Waals surface area contributed by atoms with Crippen LogP contribution >= 0.6 is 0 Å². The third kappa shape index (κ3) is 2.61. The van der Waals surface area contributed by atoms with Gasteiger partial charge in [-0.1, -0.05) is 6.07 Å². The molecule has 2 aromatic rings. The van der Waals surface area contributed by atoms with Crippen LogP contribution in [0.5, 0.6) is 0 Å². The Morgan fingerprint density at radius 1 is 1.15 bits per heavy atom. The number of esters is 1. The fourth-order valence-corrected chi connectivity index (χ4v) is 2.06. The number of aromatic nitrogens is 2. The zero-order valence-corrected chi connectivity index (χ0v) is 11.9. The molecular weight excluding hydrogens is 256 g/mol. The second-order valence-corrected chi connectivity index (χ2v) is 4.77. The minimum absolute atomic E-state index is 0.202. The summed E-state index contributed by atoms with van der Waals surface area (Å²) in [5.74, 6) is -0.725. The summed E-state index contributed by atoms with van der Waals surface area (Å²) in [5.41, 5.74) is 2.80. The molecule has 0 saturated heterocycles. The summed E-state index contributed by atoms with van der Waals surface area (Å²) < 4.78 is 6.13. The molecule has 0 aliphatic rings. The fraction of sp³-hybridized carbons (Fsp3) is 0.267. The lowest BCUT2D eigenvalue weighted by atomic mass is 10.1. The van der Waals surface area contributed by atoms with Crippen molar-refractivity contribution in [3.63, 3.8) is 0 Å². The molecule has 0 spiro atoms.